The number of nitrogens with one attached hydrogen (secondary N) is 2. The van der Waals surface area contributed by atoms with Crippen LogP contribution in [-0.2, 0) is 16.4 Å². The standard InChI is InChI=1S/C19H20BrN3O3S/c1-2-23(11-12-27(25,26)15-9-7-14(20)8-10-15)13-18-21-17-6-4-3-5-16(17)19(24)22-18/h3-10H,2,11-13H2,1H3,(H,21,22,24)/p+1. The van der Waals surface area contributed by atoms with E-state index in [0.29, 0.717) is 34.7 Å². The number of para-hydroxylation sites is 1. The van der Waals surface area contributed by atoms with Gasteiger partial charge in [-0.25, -0.2) is 13.4 Å². The molecule has 8 heteroatoms. The van der Waals surface area contributed by atoms with Crippen molar-refractivity contribution in [2.24, 2.45) is 0 Å². The fourth-order valence-corrected chi connectivity index (χ4v) is 4.49. The number of sulfone groups is 1. The molecule has 0 aliphatic heterocycles. The average molecular weight is 451 g/mol. The fourth-order valence-electron chi connectivity index (χ4n) is 2.88. The number of nitrogens with zero attached hydrogens (tertiary/aromatic N) is 1. The molecule has 1 atom stereocenters. The van der Waals surface area contributed by atoms with Gasteiger partial charge in [-0.15, -0.1) is 0 Å². The predicted molar refractivity (Wildman–Crippen MR) is 109 cm³/mol. The summed E-state index contributed by atoms with van der Waals surface area (Å²) in [5.74, 6) is 0.604. The smallest absolute Gasteiger partial charge is 0.258 e. The summed E-state index contributed by atoms with van der Waals surface area (Å²) in [5, 5.41) is 0.553. The lowest BCUT2D eigenvalue weighted by Crippen LogP contribution is -3.11. The summed E-state index contributed by atoms with van der Waals surface area (Å²) in [7, 11) is -3.35. The lowest BCUT2D eigenvalue weighted by molar-refractivity contribution is -0.910. The number of hydrogen-bond donors (Lipinski definition) is 2. The molecule has 0 fully saturated rings. The first kappa shape index (κ1) is 19.7. The number of aromatic nitrogens is 2. The molecule has 0 aliphatic rings. The average Bonchev–Trinajstić information content (AvgIpc) is 2.65. The van der Waals surface area contributed by atoms with Crippen molar-refractivity contribution in [2.75, 3.05) is 18.8 Å². The third-order valence-corrected chi connectivity index (χ3v) is 6.74. The normalized spacial score (nSPS) is 13.0. The van der Waals surface area contributed by atoms with Gasteiger partial charge in [0.25, 0.3) is 5.56 Å². The van der Waals surface area contributed by atoms with Crippen molar-refractivity contribution in [3.05, 3.63) is 69.2 Å². The van der Waals surface area contributed by atoms with Crippen molar-refractivity contribution in [1.82, 2.24) is 9.97 Å². The number of halogens is 1. The Kier molecular flexibility index (Phi) is 6.08. The van der Waals surface area contributed by atoms with Gasteiger partial charge < -0.3 is 9.88 Å². The third kappa shape index (κ3) is 4.82. The summed E-state index contributed by atoms with van der Waals surface area (Å²) < 4.78 is 25.9. The van der Waals surface area contributed by atoms with Crippen molar-refractivity contribution in [2.45, 2.75) is 18.4 Å². The van der Waals surface area contributed by atoms with Crippen LogP contribution in [0, 0.1) is 0 Å². The zero-order chi connectivity index (χ0) is 19.4. The minimum absolute atomic E-state index is 0.0373. The molecule has 0 radical (unpaired) electrons. The summed E-state index contributed by atoms with van der Waals surface area (Å²) in [6.45, 7) is 3.62. The number of benzene rings is 2. The Morgan fingerprint density at radius 1 is 1.11 bits per heavy atom. The van der Waals surface area contributed by atoms with Crippen LogP contribution in [0.2, 0.25) is 0 Å². The molecule has 3 aromatic rings. The molecule has 0 aliphatic carbocycles. The maximum absolute atomic E-state index is 12.5. The van der Waals surface area contributed by atoms with Gasteiger partial charge in [0.1, 0.15) is 12.3 Å². The van der Waals surface area contributed by atoms with E-state index in [1.165, 1.54) is 0 Å². The van der Waals surface area contributed by atoms with Crippen molar-refractivity contribution in [3.63, 3.8) is 0 Å². The van der Waals surface area contributed by atoms with Gasteiger partial charge in [0.05, 0.1) is 28.9 Å². The van der Waals surface area contributed by atoms with Crippen LogP contribution < -0.4 is 10.5 Å². The summed E-state index contributed by atoms with van der Waals surface area (Å²) in [6.07, 6.45) is 0. The number of fused-ring (bicyclic) bond motifs is 1. The Hall–Kier alpha value is -2.03. The molecule has 0 saturated carbocycles. The van der Waals surface area contributed by atoms with E-state index in [1.54, 1.807) is 42.5 Å². The van der Waals surface area contributed by atoms with Crippen LogP contribution in [0.1, 0.15) is 12.7 Å². The first-order chi connectivity index (χ1) is 12.9. The molecule has 0 spiro atoms. The molecule has 1 aromatic heterocycles. The highest BCUT2D eigenvalue weighted by atomic mass is 79.9. The highest BCUT2D eigenvalue weighted by Crippen LogP contribution is 2.15. The molecule has 2 aromatic carbocycles. The van der Waals surface area contributed by atoms with Crippen molar-refractivity contribution in [3.8, 4) is 0 Å². The molecular weight excluding hydrogens is 430 g/mol. The van der Waals surface area contributed by atoms with Gasteiger partial charge in [-0.05, 0) is 43.3 Å². The lowest BCUT2D eigenvalue weighted by atomic mass is 10.2. The van der Waals surface area contributed by atoms with Crippen LogP contribution in [-0.4, -0.2) is 37.2 Å². The topological polar surface area (TPSA) is 84.3 Å². The lowest BCUT2D eigenvalue weighted by Gasteiger charge is -2.17. The van der Waals surface area contributed by atoms with E-state index in [2.05, 4.69) is 25.9 Å². The molecule has 3 rings (SSSR count). The van der Waals surface area contributed by atoms with Crippen LogP contribution in [0.4, 0.5) is 0 Å². The summed E-state index contributed by atoms with van der Waals surface area (Å²) in [5.41, 5.74) is 0.475. The van der Waals surface area contributed by atoms with E-state index >= 15 is 0 Å². The molecule has 0 bridgehead atoms. The summed E-state index contributed by atoms with van der Waals surface area (Å²) in [4.78, 5) is 20.9. The Labute approximate surface area is 166 Å². The highest BCUT2D eigenvalue weighted by molar-refractivity contribution is 9.10. The van der Waals surface area contributed by atoms with E-state index in [1.807, 2.05) is 13.0 Å². The Balaban J connectivity index is 1.72. The number of quaternary nitrogens is 1. The maximum Gasteiger partial charge on any atom is 0.258 e. The van der Waals surface area contributed by atoms with Crippen LogP contribution in [0.5, 0.6) is 0 Å². The van der Waals surface area contributed by atoms with Crippen molar-refractivity contribution in [1.29, 1.82) is 0 Å². The van der Waals surface area contributed by atoms with Gasteiger partial charge in [0, 0.05) is 4.47 Å². The van der Waals surface area contributed by atoms with Gasteiger partial charge in [-0.1, -0.05) is 28.1 Å². The van der Waals surface area contributed by atoms with E-state index in [-0.39, 0.29) is 11.3 Å². The molecule has 0 amide bonds. The van der Waals surface area contributed by atoms with E-state index in [4.69, 9.17) is 0 Å². The van der Waals surface area contributed by atoms with Gasteiger partial charge in [-0.3, -0.25) is 4.79 Å². The second-order valence-electron chi connectivity index (χ2n) is 6.33. The molecule has 27 heavy (non-hydrogen) atoms. The minimum Gasteiger partial charge on any atom is -0.328 e. The van der Waals surface area contributed by atoms with Gasteiger partial charge in [-0.2, -0.15) is 0 Å². The largest absolute Gasteiger partial charge is 0.328 e. The first-order valence-corrected chi connectivity index (χ1v) is 11.1. The Morgan fingerprint density at radius 3 is 2.52 bits per heavy atom. The summed E-state index contributed by atoms with van der Waals surface area (Å²) >= 11 is 3.31. The molecule has 1 unspecified atom stereocenters. The first-order valence-electron chi connectivity index (χ1n) is 8.69. The number of aromatic amines is 1. The third-order valence-electron chi connectivity index (χ3n) is 4.48. The second-order valence-corrected chi connectivity index (χ2v) is 9.36. The predicted octanol–water partition coefficient (Wildman–Crippen LogP) is 1.56. The molecule has 142 valence electrons. The summed E-state index contributed by atoms with van der Waals surface area (Å²) in [6, 6.07) is 13.8. The number of H-pyrrole nitrogens is 1. The molecule has 2 N–H and O–H groups in total. The van der Waals surface area contributed by atoms with Crippen LogP contribution >= 0.6 is 15.9 Å². The van der Waals surface area contributed by atoms with Gasteiger partial charge in [0.15, 0.2) is 15.7 Å². The van der Waals surface area contributed by atoms with Crippen LogP contribution in [0.3, 0.4) is 0 Å². The van der Waals surface area contributed by atoms with Gasteiger partial charge in [0.2, 0.25) is 0 Å². The zero-order valence-corrected chi connectivity index (χ0v) is 17.3. The molecule has 1 heterocycles. The van der Waals surface area contributed by atoms with Crippen LogP contribution in [0.25, 0.3) is 10.9 Å². The highest BCUT2D eigenvalue weighted by Gasteiger charge is 2.19. The van der Waals surface area contributed by atoms with Crippen molar-refractivity contribution < 1.29 is 13.3 Å². The zero-order valence-electron chi connectivity index (χ0n) is 14.9. The molecule has 0 saturated heterocycles. The Morgan fingerprint density at radius 2 is 1.81 bits per heavy atom. The molecular formula is C19H21BrN3O3S+. The quantitative estimate of drug-likeness (QED) is 0.571. The second kappa shape index (κ2) is 8.33. The number of hydrogen-bond acceptors (Lipinski definition) is 4. The Bertz CT molecular complexity index is 1100. The van der Waals surface area contributed by atoms with E-state index < -0.39 is 9.84 Å². The maximum atomic E-state index is 12.5. The van der Waals surface area contributed by atoms with E-state index in [0.717, 1.165) is 15.9 Å². The monoisotopic (exact) mass is 450 g/mol. The molecule has 6 nitrogen and oxygen atoms in total. The fraction of sp³-hybridized carbons (Fsp3) is 0.263. The SMILES string of the molecule is CC[NH+](CCS(=O)(=O)c1ccc(Br)cc1)Cc1nc2ccccc2c(=O)[nH]1. The van der Waals surface area contributed by atoms with E-state index in [9.17, 15) is 13.2 Å². The van der Waals surface area contributed by atoms with Crippen LogP contribution in [0.15, 0.2) is 62.7 Å². The minimum atomic E-state index is -3.35. The van der Waals surface area contributed by atoms with Crippen molar-refractivity contribution >= 4 is 36.7 Å². The van der Waals surface area contributed by atoms with Gasteiger partial charge >= 0.3 is 0 Å². The number of rotatable bonds is 7.